The number of halogens is 2. The lowest BCUT2D eigenvalue weighted by atomic mass is 9.82. The minimum atomic E-state index is -0.620. The summed E-state index contributed by atoms with van der Waals surface area (Å²) >= 11 is 12.3. The zero-order valence-corrected chi connectivity index (χ0v) is 18.7. The number of amides is 1. The Kier molecular flexibility index (Phi) is 7.33. The summed E-state index contributed by atoms with van der Waals surface area (Å²) in [5, 5.41) is 0.767. The zero-order chi connectivity index (χ0) is 21.0. The molecule has 1 amide bonds. The Morgan fingerprint density at radius 2 is 2.00 bits per heavy atom. The van der Waals surface area contributed by atoms with Crippen molar-refractivity contribution in [3.8, 4) is 5.75 Å². The van der Waals surface area contributed by atoms with E-state index in [4.69, 9.17) is 32.7 Å². The number of benzene rings is 1. The summed E-state index contributed by atoms with van der Waals surface area (Å²) < 4.78 is 11.8. The number of ether oxygens (including phenoxy) is 2. The molecule has 1 spiro atoms. The number of Topliss-reactive ketones (excluding diaryl/α,β-unsaturated/α-hetero) is 1. The second-order valence-corrected chi connectivity index (χ2v) is 8.97. The molecule has 0 bridgehead atoms. The molecule has 0 aromatic heterocycles. The molecule has 0 saturated carbocycles. The first kappa shape index (κ1) is 22.2. The second kappa shape index (κ2) is 9.57. The fraction of sp³-hybridized carbons (Fsp3) is 0.636. The molecule has 2 aliphatic heterocycles. The minimum absolute atomic E-state index is 0.0200. The summed E-state index contributed by atoms with van der Waals surface area (Å²) in [4.78, 5) is 26.9. The maximum atomic E-state index is 12.7. The molecule has 0 radical (unpaired) electrons. The number of carbonyl (C=O) groups is 2. The summed E-state index contributed by atoms with van der Waals surface area (Å²) in [6, 6.07) is 3.19. The Hall–Kier alpha value is -1.46. The first-order chi connectivity index (χ1) is 13.9. The van der Waals surface area contributed by atoms with Crippen LogP contribution in [0.4, 0.5) is 4.79 Å². The molecule has 0 aliphatic carbocycles. The predicted octanol–water partition coefficient (Wildman–Crippen LogP) is 6.15. The smallest absolute Gasteiger partial charge is 0.409 e. The molecule has 1 aromatic carbocycles. The van der Waals surface area contributed by atoms with E-state index in [0.29, 0.717) is 59.8 Å². The minimum Gasteiger partial charge on any atom is -0.484 e. The molecule has 1 unspecified atom stereocenters. The van der Waals surface area contributed by atoms with Gasteiger partial charge in [0.15, 0.2) is 5.78 Å². The van der Waals surface area contributed by atoms with Crippen LogP contribution in [-0.4, -0.2) is 42.1 Å². The van der Waals surface area contributed by atoms with Gasteiger partial charge in [-0.3, -0.25) is 4.79 Å². The number of ketones is 1. The average Bonchev–Trinajstić information content (AvgIpc) is 2.70. The average molecular weight is 442 g/mol. The van der Waals surface area contributed by atoms with E-state index in [1.165, 1.54) is 0 Å². The highest BCUT2D eigenvalue weighted by molar-refractivity contribution is 6.36. The molecular weight excluding hydrogens is 413 g/mol. The first-order valence-corrected chi connectivity index (χ1v) is 11.3. The molecule has 1 aromatic rings. The van der Waals surface area contributed by atoms with Crippen LogP contribution < -0.4 is 4.74 Å². The summed E-state index contributed by atoms with van der Waals surface area (Å²) in [7, 11) is 0. The van der Waals surface area contributed by atoms with Gasteiger partial charge >= 0.3 is 6.09 Å². The third kappa shape index (κ3) is 5.18. The summed E-state index contributed by atoms with van der Waals surface area (Å²) in [5.41, 5.74) is -0.182. The van der Waals surface area contributed by atoms with Crippen molar-refractivity contribution in [3.05, 3.63) is 27.7 Å². The van der Waals surface area contributed by atoms with Crippen LogP contribution >= 0.6 is 23.2 Å². The fourth-order valence-electron chi connectivity index (χ4n) is 4.07. The third-order valence-electron chi connectivity index (χ3n) is 6.03. The van der Waals surface area contributed by atoms with E-state index in [-0.39, 0.29) is 18.3 Å². The molecule has 160 valence electrons. The van der Waals surface area contributed by atoms with Crippen LogP contribution in [0.25, 0.3) is 0 Å². The zero-order valence-electron chi connectivity index (χ0n) is 17.1. The standard InChI is InChI=1S/C22H29Cl2NO4/c1-3-5-6-15(4-2)14-28-21(27)25-9-7-22(8-10-25)13-19(26)17-11-16(23)12-18(24)20(17)29-22/h11-12,15H,3-10,13-14H2,1-2H3. The number of hydrogen-bond acceptors (Lipinski definition) is 4. The van der Waals surface area contributed by atoms with E-state index >= 15 is 0 Å². The van der Waals surface area contributed by atoms with Crippen molar-refractivity contribution in [3.63, 3.8) is 0 Å². The van der Waals surface area contributed by atoms with Gasteiger partial charge in [0.05, 0.1) is 23.6 Å². The number of carbonyl (C=O) groups excluding carboxylic acids is 2. The van der Waals surface area contributed by atoms with Crippen LogP contribution in [0.1, 0.15) is 69.2 Å². The Bertz CT molecular complexity index is 759. The number of rotatable bonds is 6. The van der Waals surface area contributed by atoms with Crippen molar-refractivity contribution >= 4 is 35.1 Å². The van der Waals surface area contributed by atoms with Crippen LogP contribution in [0.5, 0.6) is 5.75 Å². The van der Waals surface area contributed by atoms with Gasteiger partial charge in [-0.15, -0.1) is 0 Å². The number of nitrogens with zero attached hydrogens (tertiary/aromatic N) is 1. The summed E-state index contributed by atoms with van der Waals surface area (Å²) in [6.45, 7) is 5.76. The van der Waals surface area contributed by atoms with E-state index in [1.54, 1.807) is 17.0 Å². The highest BCUT2D eigenvalue weighted by Crippen LogP contribution is 2.44. The third-order valence-corrected chi connectivity index (χ3v) is 6.53. The molecule has 2 heterocycles. The topological polar surface area (TPSA) is 55.8 Å². The van der Waals surface area contributed by atoms with Gasteiger partial charge in [0.2, 0.25) is 0 Å². The highest BCUT2D eigenvalue weighted by atomic mass is 35.5. The first-order valence-electron chi connectivity index (χ1n) is 10.5. The van der Waals surface area contributed by atoms with E-state index < -0.39 is 5.60 Å². The molecule has 1 atom stereocenters. The Morgan fingerprint density at radius 1 is 1.28 bits per heavy atom. The van der Waals surface area contributed by atoms with Crippen LogP contribution in [0.3, 0.4) is 0 Å². The van der Waals surface area contributed by atoms with E-state index in [0.717, 1.165) is 25.7 Å². The van der Waals surface area contributed by atoms with Crippen molar-refractivity contribution in [2.45, 2.75) is 64.4 Å². The summed E-state index contributed by atoms with van der Waals surface area (Å²) in [6.07, 6.45) is 5.54. The van der Waals surface area contributed by atoms with Crippen molar-refractivity contribution in [2.75, 3.05) is 19.7 Å². The lowest BCUT2D eigenvalue weighted by Gasteiger charge is -2.43. The van der Waals surface area contributed by atoms with Gasteiger partial charge < -0.3 is 14.4 Å². The number of fused-ring (bicyclic) bond motifs is 1. The quantitative estimate of drug-likeness (QED) is 0.531. The highest BCUT2D eigenvalue weighted by Gasteiger charge is 2.44. The van der Waals surface area contributed by atoms with E-state index in [9.17, 15) is 9.59 Å². The van der Waals surface area contributed by atoms with Crippen LogP contribution in [-0.2, 0) is 4.74 Å². The SMILES string of the molecule is CCCCC(CC)COC(=O)N1CCC2(CC1)CC(=O)c1cc(Cl)cc(Cl)c1O2. The van der Waals surface area contributed by atoms with Gasteiger partial charge in [0, 0.05) is 31.0 Å². The van der Waals surface area contributed by atoms with Gasteiger partial charge in [-0.05, 0) is 24.5 Å². The van der Waals surface area contributed by atoms with Crippen LogP contribution in [0, 0.1) is 5.92 Å². The van der Waals surface area contributed by atoms with Crippen molar-refractivity contribution in [1.29, 1.82) is 0 Å². The maximum absolute atomic E-state index is 12.7. The lowest BCUT2D eigenvalue weighted by Crippen LogP contribution is -2.52. The molecule has 7 heteroatoms. The molecule has 1 saturated heterocycles. The molecular formula is C22H29Cl2NO4. The number of hydrogen-bond donors (Lipinski definition) is 0. The molecule has 5 nitrogen and oxygen atoms in total. The lowest BCUT2D eigenvalue weighted by molar-refractivity contribution is -0.0105. The Labute approximate surface area is 182 Å². The monoisotopic (exact) mass is 441 g/mol. The van der Waals surface area contributed by atoms with Crippen molar-refractivity contribution in [2.24, 2.45) is 5.92 Å². The molecule has 2 aliphatic rings. The normalized spacial score (nSPS) is 18.9. The second-order valence-electron chi connectivity index (χ2n) is 8.13. The van der Waals surface area contributed by atoms with Crippen molar-refractivity contribution in [1.82, 2.24) is 4.90 Å². The Balaban J connectivity index is 1.57. The van der Waals surface area contributed by atoms with E-state index in [1.807, 2.05) is 0 Å². The number of unbranched alkanes of at least 4 members (excludes halogenated alkanes) is 1. The van der Waals surface area contributed by atoms with Gasteiger partial charge in [-0.1, -0.05) is 56.3 Å². The van der Waals surface area contributed by atoms with Crippen LogP contribution in [0.2, 0.25) is 10.0 Å². The summed E-state index contributed by atoms with van der Waals surface area (Å²) in [5.74, 6) is 0.804. The molecule has 29 heavy (non-hydrogen) atoms. The van der Waals surface area contributed by atoms with Gasteiger partial charge in [0.25, 0.3) is 0 Å². The van der Waals surface area contributed by atoms with Crippen molar-refractivity contribution < 1.29 is 19.1 Å². The van der Waals surface area contributed by atoms with E-state index in [2.05, 4.69) is 13.8 Å². The van der Waals surface area contributed by atoms with Gasteiger partial charge in [0.1, 0.15) is 11.4 Å². The van der Waals surface area contributed by atoms with Gasteiger partial charge in [-0.2, -0.15) is 0 Å². The number of piperidine rings is 1. The molecule has 0 N–H and O–H groups in total. The van der Waals surface area contributed by atoms with Crippen LogP contribution in [0.15, 0.2) is 12.1 Å². The maximum Gasteiger partial charge on any atom is 0.409 e. The fourth-order valence-corrected chi connectivity index (χ4v) is 4.60. The largest absolute Gasteiger partial charge is 0.484 e. The molecule has 3 rings (SSSR count). The predicted molar refractivity (Wildman–Crippen MR) is 114 cm³/mol. The number of likely N-dealkylation sites (tertiary alicyclic amines) is 1. The molecule has 1 fully saturated rings. The van der Waals surface area contributed by atoms with Gasteiger partial charge in [-0.25, -0.2) is 4.79 Å². The Morgan fingerprint density at radius 3 is 2.66 bits per heavy atom.